The number of aryl methyl sites for hydroxylation is 2. The first-order valence-corrected chi connectivity index (χ1v) is 7.52. The fourth-order valence-corrected chi connectivity index (χ4v) is 3.05. The Morgan fingerprint density at radius 2 is 2.24 bits per heavy atom. The highest BCUT2D eigenvalue weighted by Gasteiger charge is 2.27. The molecule has 2 aromatic heterocycles. The molecule has 0 unspecified atom stereocenters. The molecule has 1 fully saturated rings. The van der Waals surface area contributed by atoms with Gasteiger partial charge in [0, 0.05) is 32.0 Å². The lowest BCUT2D eigenvalue weighted by Gasteiger charge is -2.35. The van der Waals surface area contributed by atoms with Gasteiger partial charge in [-0.2, -0.15) is 0 Å². The van der Waals surface area contributed by atoms with Crippen LogP contribution in [0.15, 0.2) is 18.3 Å². The summed E-state index contributed by atoms with van der Waals surface area (Å²) in [5.41, 5.74) is 1.29. The Morgan fingerprint density at radius 3 is 2.95 bits per heavy atom. The second-order valence-corrected chi connectivity index (χ2v) is 5.51. The van der Waals surface area contributed by atoms with Gasteiger partial charge in [0.2, 0.25) is 0 Å². The third-order valence-electron chi connectivity index (χ3n) is 4.24. The number of hydrogen-bond acceptors (Lipinski definition) is 4. The molecule has 0 bridgehead atoms. The first-order chi connectivity index (χ1) is 10.2. The van der Waals surface area contributed by atoms with Crippen molar-refractivity contribution in [1.82, 2.24) is 24.2 Å². The van der Waals surface area contributed by atoms with E-state index in [4.69, 9.17) is 4.74 Å². The first kappa shape index (κ1) is 14.3. The number of aromatic nitrogens is 4. The van der Waals surface area contributed by atoms with Crippen molar-refractivity contribution in [1.29, 1.82) is 0 Å². The molecule has 114 valence electrons. The lowest BCUT2D eigenvalue weighted by Crippen LogP contribution is -2.40. The minimum Gasteiger partial charge on any atom is -0.378 e. The number of ether oxygens (including phenoxy) is 1. The summed E-state index contributed by atoms with van der Waals surface area (Å²) in [5, 5.41) is 8.55. The number of rotatable bonds is 4. The average Bonchev–Trinajstić information content (AvgIpc) is 3.06. The molecule has 1 atom stereocenters. The van der Waals surface area contributed by atoms with Crippen LogP contribution in [-0.4, -0.2) is 44.0 Å². The Labute approximate surface area is 125 Å². The van der Waals surface area contributed by atoms with Gasteiger partial charge in [-0.25, -0.2) is 0 Å². The maximum atomic E-state index is 5.69. The molecule has 0 aliphatic carbocycles. The summed E-state index contributed by atoms with van der Waals surface area (Å²) >= 11 is 0. The lowest BCUT2D eigenvalue weighted by molar-refractivity contribution is -0.0168. The smallest absolute Gasteiger partial charge is 0.147 e. The number of morpholine rings is 1. The average molecular weight is 289 g/mol. The highest BCUT2D eigenvalue weighted by atomic mass is 16.5. The zero-order valence-electron chi connectivity index (χ0n) is 13.0. The fraction of sp³-hybridized carbons (Fsp3) is 0.600. The molecule has 1 aliphatic heterocycles. The molecule has 6 nitrogen and oxygen atoms in total. The van der Waals surface area contributed by atoms with Crippen LogP contribution >= 0.6 is 0 Å². The van der Waals surface area contributed by atoms with E-state index in [0.29, 0.717) is 0 Å². The van der Waals surface area contributed by atoms with E-state index in [0.717, 1.165) is 44.5 Å². The van der Waals surface area contributed by atoms with Crippen molar-refractivity contribution in [2.75, 3.05) is 19.8 Å². The summed E-state index contributed by atoms with van der Waals surface area (Å²) in [6.45, 7) is 8.30. The van der Waals surface area contributed by atoms with Crippen LogP contribution in [0.2, 0.25) is 0 Å². The van der Waals surface area contributed by atoms with Crippen LogP contribution in [0.4, 0.5) is 0 Å². The minimum absolute atomic E-state index is 0.279. The van der Waals surface area contributed by atoms with E-state index in [1.165, 1.54) is 5.69 Å². The van der Waals surface area contributed by atoms with Crippen LogP contribution in [0.25, 0.3) is 0 Å². The second-order valence-electron chi connectivity index (χ2n) is 5.51. The molecule has 6 heteroatoms. The Morgan fingerprint density at radius 1 is 1.38 bits per heavy atom. The predicted octanol–water partition coefficient (Wildman–Crippen LogP) is 1.52. The molecule has 0 N–H and O–H groups in total. The van der Waals surface area contributed by atoms with Crippen molar-refractivity contribution in [2.45, 2.75) is 33.0 Å². The lowest BCUT2D eigenvalue weighted by atomic mass is 10.1. The van der Waals surface area contributed by atoms with E-state index in [-0.39, 0.29) is 6.04 Å². The molecule has 1 aliphatic rings. The largest absolute Gasteiger partial charge is 0.378 e. The van der Waals surface area contributed by atoms with Crippen LogP contribution < -0.4 is 0 Å². The SMILES string of the molecule is CCn1c(C)nnc1CN1CCOC[C@@H]1c1cccn1C. The van der Waals surface area contributed by atoms with E-state index in [9.17, 15) is 0 Å². The Balaban J connectivity index is 1.83. The van der Waals surface area contributed by atoms with Crippen LogP contribution in [0.3, 0.4) is 0 Å². The normalized spacial score (nSPS) is 20.0. The molecule has 1 saturated heterocycles. The summed E-state index contributed by atoms with van der Waals surface area (Å²) in [5.74, 6) is 2.02. The van der Waals surface area contributed by atoms with Crippen molar-refractivity contribution in [3.05, 3.63) is 35.7 Å². The number of hydrogen-bond donors (Lipinski definition) is 0. The monoisotopic (exact) mass is 289 g/mol. The molecule has 3 rings (SSSR count). The topological polar surface area (TPSA) is 48.1 Å². The summed E-state index contributed by atoms with van der Waals surface area (Å²) in [4.78, 5) is 2.44. The van der Waals surface area contributed by atoms with Crippen LogP contribution in [-0.2, 0) is 24.9 Å². The Bertz CT molecular complexity index is 603. The van der Waals surface area contributed by atoms with Crippen LogP contribution in [0.5, 0.6) is 0 Å². The van der Waals surface area contributed by atoms with E-state index in [2.05, 4.69) is 56.5 Å². The summed E-state index contributed by atoms with van der Waals surface area (Å²) in [6, 6.07) is 4.53. The van der Waals surface area contributed by atoms with E-state index in [1.807, 2.05) is 6.92 Å². The molecule has 0 radical (unpaired) electrons. The molecule has 0 spiro atoms. The quantitative estimate of drug-likeness (QED) is 0.856. The van der Waals surface area contributed by atoms with Gasteiger partial charge < -0.3 is 13.9 Å². The molecule has 3 heterocycles. The van der Waals surface area contributed by atoms with Gasteiger partial charge in [-0.05, 0) is 26.0 Å². The molecule has 2 aromatic rings. The van der Waals surface area contributed by atoms with Gasteiger partial charge >= 0.3 is 0 Å². The Hall–Kier alpha value is -1.66. The maximum Gasteiger partial charge on any atom is 0.147 e. The fourth-order valence-electron chi connectivity index (χ4n) is 3.05. The Kier molecular flexibility index (Phi) is 4.07. The highest BCUT2D eigenvalue weighted by molar-refractivity contribution is 5.13. The third kappa shape index (κ3) is 2.73. The van der Waals surface area contributed by atoms with Crippen molar-refractivity contribution >= 4 is 0 Å². The standard InChI is InChI=1S/C15H23N5O/c1-4-20-12(2)16-17-15(20)10-19-8-9-21-11-14(19)13-6-5-7-18(13)3/h5-7,14H,4,8-11H2,1-3H3/t14-/m1/s1. The second kappa shape index (κ2) is 5.99. The minimum atomic E-state index is 0.279. The van der Waals surface area contributed by atoms with Crippen molar-refractivity contribution in [3.63, 3.8) is 0 Å². The van der Waals surface area contributed by atoms with Gasteiger partial charge in [-0.15, -0.1) is 10.2 Å². The van der Waals surface area contributed by atoms with Gasteiger partial charge in [0.15, 0.2) is 0 Å². The molecule has 0 amide bonds. The first-order valence-electron chi connectivity index (χ1n) is 7.52. The highest BCUT2D eigenvalue weighted by Crippen LogP contribution is 2.25. The van der Waals surface area contributed by atoms with E-state index in [1.54, 1.807) is 0 Å². The summed E-state index contributed by atoms with van der Waals surface area (Å²) in [6.07, 6.45) is 2.08. The summed E-state index contributed by atoms with van der Waals surface area (Å²) in [7, 11) is 2.08. The van der Waals surface area contributed by atoms with Gasteiger partial charge in [-0.1, -0.05) is 0 Å². The van der Waals surface area contributed by atoms with Gasteiger partial charge in [0.1, 0.15) is 11.6 Å². The van der Waals surface area contributed by atoms with E-state index >= 15 is 0 Å². The zero-order valence-corrected chi connectivity index (χ0v) is 13.0. The molecular weight excluding hydrogens is 266 g/mol. The third-order valence-corrected chi connectivity index (χ3v) is 4.24. The van der Waals surface area contributed by atoms with Gasteiger partial charge in [0.05, 0.1) is 25.8 Å². The number of nitrogens with zero attached hydrogens (tertiary/aromatic N) is 5. The molecule has 0 aromatic carbocycles. The predicted molar refractivity (Wildman–Crippen MR) is 79.8 cm³/mol. The zero-order chi connectivity index (χ0) is 14.8. The van der Waals surface area contributed by atoms with E-state index < -0.39 is 0 Å². The molecular formula is C15H23N5O. The van der Waals surface area contributed by atoms with Crippen molar-refractivity contribution < 1.29 is 4.74 Å². The van der Waals surface area contributed by atoms with Crippen molar-refractivity contribution in [2.24, 2.45) is 7.05 Å². The maximum absolute atomic E-state index is 5.69. The van der Waals surface area contributed by atoms with Gasteiger partial charge in [0.25, 0.3) is 0 Å². The molecule has 21 heavy (non-hydrogen) atoms. The van der Waals surface area contributed by atoms with Crippen LogP contribution in [0.1, 0.15) is 30.3 Å². The van der Waals surface area contributed by atoms with Gasteiger partial charge in [-0.3, -0.25) is 4.90 Å². The summed E-state index contributed by atoms with van der Waals surface area (Å²) < 4.78 is 10.0. The van der Waals surface area contributed by atoms with Crippen molar-refractivity contribution in [3.8, 4) is 0 Å². The van der Waals surface area contributed by atoms with Crippen LogP contribution in [0, 0.1) is 6.92 Å². The molecule has 0 saturated carbocycles.